The van der Waals surface area contributed by atoms with Crippen molar-refractivity contribution in [3.05, 3.63) is 71.9 Å². The van der Waals surface area contributed by atoms with Gasteiger partial charge in [0.05, 0.1) is 28.7 Å². The maximum absolute atomic E-state index is 14.6. The summed E-state index contributed by atoms with van der Waals surface area (Å²) in [6.07, 6.45) is 5.84. The molecule has 0 saturated carbocycles. The van der Waals surface area contributed by atoms with Crippen molar-refractivity contribution in [3.63, 3.8) is 0 Å². The fourth-order valence-electron chi connectivity index (χ4n) is 9.42. The zero-order valence-electron chi connectivity index (χ0n) is 35.7. The fourth-order valence-corrected chi connectivity index (χ4v) is 10.1. The second kappa shape index (κ2) is 17.9. The van der Waals surface area contributed by atoms with Crippen molar-refractivity contribution < 1.29 is 29.0 Å². The number of ether oxygens (including phenoxy) is 1. The minimum atomic E-state index is -1.02. The van der Waals surface area contributed by atoms with Gasteiger partial charge in [-0.2, -0.15) is 0 Å². The van der Waals surface area contributed by atoms with E-state index >= 15 is 0 Å². The van der Waals surface area contributed by atoms with E-state index < -0.39 is 29.5 Å². The number of aromatic nitrogens is 2. The number of amides is 3. The predicted octanol–water partition coefficient (Wildman–Crippen LogP) is 5.80. The summed E-state index contributed by atoms with van der Waals surface area (Å²) in [7, 11) is 1.91. The van der Waals surface area contributed by atoms with Crippen molar-refractivity contribution in [3.8, 4) is 27.4 Å². The number of phenolic OH excluding ortho intramolecular Hbond substituents is 1. The number of aromatic hydroxyl groups is 1. The first-order valence-corrected chi connectivity index (χ1v) is 22.1. The molecule has 0 unspecified atom stereocenters. The van der Waals surface area contributed by atoms with Crippen LogP contribution in [0.1, 0.15) is 65.0 Å². The smallest absolute Gasteiger partial charge is 0.324 e. The molecule has 4 atom stereocenters. The summed E-state index contributed by atoms with van der Waals surface area (Å²) in [5.74, 6) is -1.06. The van der Waals surface area contributed by atoms with Gasteiger partial charge in [-0.1, -0.05) is 46.4 Å². The molecule has 3 N–H and O–H groups in total. The molecule has 3 amide bonds. The van der Waals surface area contributed by atoms with Gasteiger partial charge in [0.1, 0.15) is 17.8 Å². The van der Waals surface area contributed by atoms with Gasteiger partial charge in [-0.05, 0) is 104 Å². The number of esters is 1. The molecule has 13 nitrogen and oxygen atoms in total. The topological polar surface area (TPSA) is 149 Å². The predicted molar refractivity (Wildman–Crippen MR) is 234 cm³/mol. The number of carbonyl (C=O) groups excluding carboxylic acids is 4. The van der Waals surface area contributed by atoms with E-state index in [1.807, 2.05) is 43.6 Å². The number of nitrogens with zero attached hydrogens (tertiary/aromatic N) is 5. The van der Waals surface area contributed by atoms with Crippen LogP contribution in [-0.4, -0.2) is 111 Å². The van der Waals surface area contributed by atoms with Crippen molar-refractivity contribution in [1.82, 2.24) is 35.1 Å². The molecule has 2 aromatic carbocycles. The highest BCUT2D eigenvalue weighted by molar-refractivity contribution is 7.13. The van der Waals surface area contributed by atoms with Crippen molar-refractivity contribution in [2.24, 2.45) is 17.3 Å². The highest BCUT2D eigenvalue weighted by Crippen LogP contribution is 2.41. The van der Waals surface area contributed by atoms with E-state index in [2.05, 4.69) is 65.8 Å². The number of aryl methyl sites for hydroxylation is 1. The summed E-state index contributed by atoms with van der Waals surface area (Å²) >= 11 is 1.59. The number of thiazole rings is 1. The van der Waals surface area contributed by atoms with Crippen LogP contribution in [-0.2, 0) is 43.3 Å². The van der Waals surface area contributed by atoms with E-state index in [0.717, 1.165) is 51.1 Å². The monoisotopic (exact) mass is 837 g/mol. The lowest BCUT2D eigenvalue weighted by Crippen LogP contribution is -2.62. The summed E-state index contributed by atoms with van der Waals surface area (Å²) in [6, 6.07) is 9.35. The van der Waals surface area contributed by atoms with Crippen LogP contribution in [0.3, 0.4) is 0 Å². The molecule has 60 heavy (non-hydrogen) atoms. The molecular formula is C46H59N7O6S. The molecule has 6 bridgehead atoms. The summed E-state index contributed by atoms with van der Waals surface area (Å²) in [4.78, 5) is 64.4. The van der Waals surface area contributed by atoms with E-state index in [-0.39, 0.29) is 48.3 Å². The Morgan fingerprint density at radius 1 is 1.15 bits per heavy atom. The van der Waals surface area contributed by atoms with Gasteiger partial charge >= 0.3 is 5.97 Å². The molecule has 14 heteroatoms. The number of hydrogen-bond donors (Lipinski definition) is 3. The zero-order chi connectivity index (χ0) is 42.9. The molecule has 3 aliphatic heterocycles. The van der Waals surface area contributed by atoms with E-state index in [1.165, 1.54) is 11.1 Å². The third kappa shape index (κ3) is 9.15. The molecule has 0 radical (unpaired) electrons. The zero-order valence-corrected chi connectivity index (χ0v) is 36.5. The Kier molecular flexibility index (Phi) is 12.8. The van der Waals surface area contributed by atoms with Gasteiger partial charge in [0.15, 0.2) is 0 Å². The van der Waals surface area contributed by atoms with Crippen LogP contribution in [0, 0.1) is 17.3 Å². The lowest BCUT2D eigenvalue weighted by atomic mass is 9.85. The second-order valence-electron chi connectivity index (χ2n) is 17.9. The Hall–Kier alpha value is -5.05. The average Bonchev–Trinajstić information content (AvgIpc) is 3.98. The summed E-state index contributed by atoms with van der Waals surface area (Å²) < 4.78 is 8.37. The van der Waals surface area contributed by atoms with E-state index in [1.54, 1.807) is 28.4 Å². The first-order chi connectivity index (χ1) is 28.7. The Morgan fingerprint density at radius 3 is 2.67 bits per heavy atom. The maximum atomic E-state index is 14.6. The molecule has 5 heterocycles. The van der Waals surface area contributed by atoms with Crippen LogP contribution in [0.25, 0.3) is 32.6 Å². The Labute approximate surface area is 356 Å². The fraction of sp³-hybridized carbons (Fsp3) is 0.500. The number of likely N-dealkylation sites (tertiary alicyclic amines) is 1. The van der Waals surface area contributed by atoms with Crippen LogP contribution < -0.4 is 10.7 Å². The minimum absolute atomic E-state index is 0.0478. The largest absolute Gasteiger partial charge is 0.508 e. The molecule has 3 aliphatic rings. The number of benzene rings is 2. The van der Waals surface area contributed by atoms with E-state index in [9.17, 15) is 24.3 Å². The quantitative estimate of drug-likeness (QED) is 0.141. The molecule has 320 valence electrons. The minimum Gasteiger partial charge on any atom is -0.508 e. The number of carbonyl (C=O) groups is 4. The molecule has 0 aliphatic carbocycles. The third-order valence-corrected chi connectivity index (χ3v) is 13.0. The molecule has 0 spiro atoms. The van der Waals surface area contributed by atoms with Crippen molar-refractivity contribution in [1.29, 1.82) is 0 Å². The van der Waals surface area contributed by atoms with Crippen LogP contribution in [0.5, 0.6) is 5.75 Å². The summed E-state index contributed by atoms with van der Waals surface area (Å²) in [5.41, 5.74) is 10.2. The number of fused-ring (bicyclic) bond motifs is 6. The third-order valence-electron chi connectivity index (χ3n) is 12.2. The lowest BCUT2D eigenvalue weighted by Gasteiger charge is -2.37. The maximum Gasteiger partial charge on any atom is 0.324 e. The van der Waals surface area contributed by atoms with Gasteiger partial charge in [0.25, 0.3) is 5.91 Å². The van der Waals surface area contributed by atoms with Gasteiger partial charge in [-0.3, -0.25) is 34.1 Å². The van der Waals surface area contributed by atoms with Gasteiger partial charge in [-0.25, -0.2) is 5.43 Å². The van der Waals surface area contributed by atoms with Gasteiger partial charge in [0, 0.05) is 61.7 Å². The first kappa shape index (κ1) is 43.1. The van der Waals surface area contributed by atoms with Crippen LogP contribution in [0.2, 0.25) is 0 Å². The van der Waals surface area contributed by atoms with Crippen LogP contribution in [0.4, 0.5) is 0 Å². The molecular weight excluding hydrogens is 779 g/mol. The number of nitrogens with one attached hydrogen (secondary N) is 2. The Morgan fingerprint density at radius 2 is 1.95 bits per heavy atom. The second-order valence-corrected chi connectivity index (χ2v) is 18.7. The summed E-state index contributed by atoms with van der Waals surface area (Å²) in [5, 5.41) is 16.9. The van der Waals surface area contributed by atoms with Gasteiger partial charge in [0.2, 0.25) is 11.8 Å². The normalized spacial score (nSPS) is 21.6. The highest BCUT2D eigenvalue weighted by Gasteiger charge is 2.38. The molecule has 4 aromatic rings. The number of hydrazine groups is 1. The highest BCUT2D eigenvalue weighted by atomic mass is 32.1. The van der Waals surface area contributed by atoms with Crippen LogP contribution >= 0.6 is 11.3 Å². The van der Waals surface area contributed by atoms with E-state index in [4.69, 9.17) is 4.74 Å². The standard InChI is InChI=1S/C46H59N7O6S/c1-8-40(55)51-16-14-29(25-51)24-50(7)41(28(3)4)43(56)48-37-19-30-17-32(20-33(54)18-30)31-12-13-38-34(21-31)35(42(52(38)9-2)39-23-47-27-60-39)22-46(5,6)26-59-45(58)36-11-10-15-53(49-36)44(37)57/h8,12-13,17-18,20-21,23,27-29,36-37,41,49,54H,1,9-11,14-16,19,22,24-26H2,2-7H3,(H,48,56)/t29-,36+,37+,41+/m1/s1. The van der Waals surface area contributed by atoms with Gasteiger partial charge < -0.3 is 24.6 Å². The molecule has 2 fully saturated rings. The molecule has 2 saturated heterocycles. The van der Waals surface area contributed by atoms with Crippen molar-refractivity contribution in [2.45, 2.75) is 91.4 Å². The Balaban J connectivity index is 1.26. The first-order valence-electron chi connectivity index (χ1n) is 21.2. The number of rotatable bonds is 9. The van der Waals surface area contributed by atoms with Crippen molar-refractivity contribution in [2.75, 3.05) is 39.8 Å². The van der Waals surface area contributed by atoms with Gasteiger partial charge in [-0.15, -0.1) is 11.3 Å². The lowest BCUT2D eigenvalue weighted by molar-refractivity contribution is -0.155. The molecule has 7 rings (SSSR count). The SMILES string of the molecule is C=CC(=O)N1CC[C@H](CN(C)[C@H](C(=O)N[C@H]2Cc3cc(O)cc(c3)-c3ccc4c(c3)c(c(-c3cncs3)n4CC)CC(C)(C)COC(=O)[C@@H]3CCCN(N3)C2=O)C(C)C)C1. The van der Waals surface area contributed by atoms with Crippen LogP contribution in [0.15, 0.2) is 60.8 Å². The molecule has 2 aromatic heterocycles. The van der Waals surface area contributed by atoms with Crippen molar-refractivity contribution >= 4 is 45.9 Å². The number of phenols is 1. The number of hydrogen-bond acceptors (Lipinski definition) is 10. The summed E-state index contributed by atoms with van der Waals surface area (Å²) in [6.45, 7) is 17.0. The number of cyclic esters (lactones) is 1. The average molecular weight is 838 g/mol. The van der Waals surface area contributed by atoms with E-state index in [0.29, 0.717) is 51.0 Å². The number of likely N-dealkylation sites (N-methyl/N-ethyl adjacent to an activating group) is 1. The Bertz CT molecular complexity index is 2250.